The van der Waals surface area contributed by atoms with Crippen molar-refractivity contribution in [2.75, 3.05) is 0 Å². The minimum atomic E-state index is -0.0416. The van der Waals surface area contributed by atoms with Gasteiger partial charge in [0.1, 0.15) is 11.3 Å². The summed E-state index contributed by atoms with van der Waals surface area (Å²) in [5.41, 5.74) is 3.17. The van der Waals surface area contributed by atoms with E-state index in [4.69, 9.17) is 0 Å². The van der Waals surface area contributed by atoms with Gasteiger partial charge in [-0.15, -0.1) is 0 Å². The van der Waals surface area contributed by atoms with Crippen LogP contribution in [0.4, 0.5) is 0 Å². The van der Waals surface area contributed by atoms with E-state index >= 15 is 0 Å². The summed E-state index contributed by atoms with van der Waals surface area (Å²) in [6.07, 6.45) is 3.72. The summed E-state index contributed by atoms with van der Waals surface area (Å²) in [5, 5.41) is 4.39. The van der Waals surface area contributed by atoms with Gasteiger partial charge in [-0.25, -0.2) is 9.67 Å². The first-order valence-corrected chi connectivity index (χ1v) is 6.22. The molecular formula is C14H14N4O. The molecule has 0 saturated heterocycles. The highest BCUT2D eigenvalue weighted by Crippen LogP contribution is 2.18. The van der Waals surface area contributed by atoms with E-state index < -0.39 is 0 Å². The fraction of sp³-hybridized carbons (Fsp3) is 0.214. The van der Waals surface area contributed by atoms with E-state index in [-0.39, 0.29) is 5.56 Å². The maximum absolute atomic E-state index is 11.9. The molecule has 0 aliphatic heterocycles. The zero-order valence-corrected chi connectivity index (χ0v) is 10.9. The van der Waals surface area contributed by atoms with Gasteiger partial charge in [-0.2, -0.15) is 5.10 Å². The minimum absolute atomic E-state index is 0.0416. The number of hydrogen-bond acceptors (Lipinski definition) is 3. The molecule has 5 heteroatoms. The first-order valence-electron chi connectivity index (χ1n) is 6.22. The van der Waals surface area contributed by atoms with E-state index in [1.54, 1.807) is 6.20 Å². The molecule has 0 aromatic carbocycles. The van der Waals surface area contributed by atoms with Crippen molar-refractivity contribution >= 4 is 5.65 Å². The summed E-state index contributed by atoms with van der Waals surface area (Å²) in [4.78, 5) is 16.2. The van der Waals surface area contributed by atoms with Crippen LogP contribution in [0.15, 0.2) is 41.5 Å². The third-order valence-electron chi connectivity index (χ3n) is 3.13. The van der Waals surface area contributed by atoms with Crippen molar-refractivity contribution in [2.45, 2.75) is 20.4 Å². The highest BCUT2D eigenvalue weighted by atomic mass is 16.1. The Morgan fingerprint density at radius 1 is 1.32 bits per heavy atom. The molecule has 3 heterocycles. The van der Waals surface area contributed by atoms with Crippen molar-refractivity contribution in [2.24, 2.45) is 0 Å². The Kier molecular flexibility index (Phi) is 2.67. The number of nitrogens with zero attached hydrogens (tertiary/aromatic N) is 4. The zero-order valence-electron chi connectivity index (χ0n) is 10.9. The summed E-state index contributed by atoms with van der Waals surface area (Å²) in [6.45, 7) is 4.28. The van der Waals surface area contributed by atoms with Crippen LogP contribution in [0.25, 0.3) is 17.0 Å². The van der Waals surface area contributed by atoms with Gasteiger partial charge in [-0.05, 0) is 32.0 Å². The molecule has 0 N–H and O–H groups in total. The highest BCUT2D eigenvalue weighted by Gasteiger charge is 2.10. The van der Waals surface area contributed by atoms with Gasteiger partial charge in [0.2, 0.25) is 0 Å². The molecule has 5 nitrogen and oxygen atoms in total. The van der Waals surface area contributed by atoms with Gasteiger partial charge in [0.25, 0.3) is 5.56 Å². The summed E-state index contributed by atoms with van der Waals surface area (Å²) in [6, 6.07) is 7.63. The Morgan fingerprint density at radius 3 is 2.95 bits per heavy atom. The summed E-state index contributed by atoms with van der Waals surface area (Å²) in [5.74, 6) is 0. The fourth-order valence-electron chi connectivity index (χ4n) is 2.14. The van der Waals surface area contributed by atoms with Crippen molar-refractivity contribution in [3.05, 3.63) is 52.6 Å². The molecule has 96 valence electrons. The van der Waals surface area contributed by atoms with E-state index in [0.717, 1.165) is 17.0 Å². The molecule has 3 aromatic heterocycles. The lowest BCUT2D eigenvalue weighted by Gasteiger charge is -2.06. The van der Waals surface area contributed by atoms with Crippen molar-refractivity contribution in [3.63, 3.8) is 0 Å². The van der Waals surface area contributed by atoms with Gasteiger partial charge < -0.3 is 0 Å². The molecule has 0 fully saturated rings. The molecule has 0 unspecified atom stereocenters. The second-order valence-corrected chi connectivity index (χ2v) is 4.41. The molecule has 0 saturated carbocycles. The van der Waals surface area contributed by atoms with Crippen LogP contribution in [0.3, 0.4) is 0 Å². The second kappa shape index (κ2) is 4.35. The van der Waals surface area contributed by atoms with Gasteiger partial charge in [-0.1, -0.05) is 6.07 Å². The molecular weight excluding hydrogens is 240 g/mol. The molecule has 0 bridgehead atoms. The second-order valence-electron chi connectivity index (χ2n) is 4.41. The molecule has 19 heavy (non-hydrogen) atoms. The standard InChI is InChI=1S/C14H14N4O/c1-3-18-14(19)10(2)8-11(16-18)12-9-15-13-6-4-5-7-17(12)13/h4-9H,3H2,1-2H3. The predicted molar refractivity (Wildman–Crippen MR) is 73.1 cm³/mol. The monoisotopic (exact) mass is 254 g/mol. The minimum Gasteiger partial charge on any atom is -0.298 e. The van der Waals surface area contributed by atoms with Gasteiger partial charge in [0, 0.05) is 18.3 Å². The van der Waals surface area contributed by atoms with Crippen LogP contribution >= 0.6 is 0 Å². The molecule has 3 aromatic rings. The summed E-state index contributed by atoms with van der Waals surface area (Å²) >= 11 is 0. The first kappa shape index (κ1) is 11.6. The molecule has 0 amide bonds. The normalized spacial score (nSPS) is 11.1. The molecule has 0 aliphatic carbocycles. The van der Waals surface area contributed by atoms with Crippen LogP contribution in [0, 0.1) is 6.92 Å². The molecule has 0 aliphatic rings. The first-order chi connectivity index (χ1) is 9.20. The van der Waals surface area contributed by atoms with Crippen molar-refractivity contribution < 1.29 is 0 Å². The number of hydrogen-bond donors (Lipinski definition) is 0. The Balaban J connectivity index is 2.27. The van der Waals surface area contributed by atoms with Crippen LogP contribution < -0.4 is 5.56 Å². The number of rotatable bonds is 2. The number of imidazole rings is 1. The summed E-state index contributed by atoms with van der Waals surface area (Å²) < 4.78 is 3.44. The van der Waals surface area contributed by atoms with E-state index in [1.165, 1.54) is 4.68 Å². The van der Waals surface area contributed by atoms with E-state index in [9.17, 15) is 4.79 Å². The van der Waals surface area contributed by atoms with Crippen LogP contribution in [-0.2, 0) is 6.54 Å². The SMILES string of the molecule is CCn1nc(-c2cnc3ccccn23)cc(C)c1=O. The number of aryl methyl sites for hydroxylation is 2. The lowest BCUT2D eigenvalue weighted by molar-refractivity contribution is 0.613. The Labute approximate surface area is 110 Å². The van der Waals surface area contributed by atoms with E-state index in [0.29, 0.717) is 12.1 Å². The quantitative estimate of drug-likeness (QED) is 0.701. The lowest BCUT2D eigenvalue weighted by Crippen LogP contribution is -2.24. The predicted octanol–water partition coefficient (Wildman–Crippen LogP) is 1.89. The van der Waals surface area contributed by atoms with Crippen molar-refractivity contribution in [1.29, 1.82) is 0 Å². The average molecular weight is 254 g/mol. The van der Waals surface area contributed by atoms with Gasteiger partial charge in [-0.3, -0.25) is 9.20 Å². The molecule has 0 radical (unpaired) electrons. The van der Waals surface area contributed by atoms with Crippen LogP contribution in [0.2, 0.25) is 0 Å². The molecule has 3 rings (SSSR count). The van der Waals surface area contributed by atoms with Gasteiger partial charge >= 0.3 is 0 Å². The molecule has 0 spiro atoms. The fourth-order valence-corrected chi connectivity index (χ4v) is 2.14. The Hall–Kier alpha value is -2.43. The Morgan fingerprint density at radius 2 is 2.16 bits per heavy atom. The highest BCUT2D eigenvalue weighted by molar-refractivity contribution is 5.59. The van der Waals surface area contributed by atoms with Gasteiger partial charge in [0.15, 0.2) is 0 Å². The zero-order chi connectivity index (χ0) is 13.4. The van der Waals surface area contributed by atoms with Crippen LogP contribution in [0.5, 0.6) is 0 Å². The van der Waals surface area contributed by atoms with Crippen molar-refractivity contribution in [3.8, 4) is 11.4 Å². The maximum atomic E-state index is 11.9. The lowest BCUT2D eigenvalue weighted by atomic mass is 10.2. The van der Waals surface area contributed by atoms with E-state index in [1.807, 2.05) is 48.7 Å². The summed E-state index contributed by atoms with van der Waals surface area (Å²) in [7, 11) is 0. The third kappa shape index (κ3) is 1.83. The smallest absolute Gasteiger partial charge is 0.269 e. The Bertz CT molecular complexity index is 801. The number of aromatic nitrogens is 4. The average Bonchev–Trinajstić information content (AvgIpc) is 2.85. The molecule has 0 atom stereocenters. The van der Waals surface area contributed by atoms with Crippen molar-refractivity contribution in [1.82, 2.24) is 19.2 Å². The topological polar surface area (TPSA) is 52.2 Å². The maximum Gasteiger partial charge on any atom is 0.269 e. The third-order valence-corrected chi connectivity index (χ3v) is 3.13. The largest absolute Gasteiger partial charge is 0.298 e. The van der Waals surface area contributed by atoms with Gasteiger partial charge in [0.05, 0.1) is 11.9 Å². The number of pyridine rings is 1. The number of fused-ring (bicyclic) bond motifs is 1. The van der Waals surface area contributed by atoms with Crippen LogP contribution in [0.1, 0.15) is 12.5 Å². The van der Waals surface area contributed by atoms with E-state index in [2.05, 4.69) is 10.1 Å². The van der Waals surface area contributed by atoms with Crippen LogP contribution in [-0.4, -0.2) is 19.2 Å².